The maximum atomic E-state index is 11.5. The fraction of sp³-hybridized carbons (Fsp3) is 0.933. The zero-order valence-electron chi connectivity index (χ0n) is 24.1. The number of rotatable bonds is 6. The number of aliphatic carboxylic acids is 2. The maximum absolute atomic E-state index is 11.5. The monoisotopic (exact) mass is 593 g/mol. The van der Waals surface area contributed by atoms with Gasteiger partial charge in [-0.2, -0.15) is 0 Å². The Morgan fingerprint density at radius 1 is 0.667 bits per heavy atom. The van der Waals surface area contributed by atoms with Gasteiger partial charge in [-0.1, -0.05) is 77.6 Å². The average molecular weight is 594 g/mol. The Kier molecular flexibility index (Phi) is 10.5. The first-order valence-electron chi connectivity index (χ1n) is 15.4. The zero-order valence-corrected chi connectivity index (χ0v) is 25.0. The van der Waals surface area contributed by atoms with Crippen molar-refractivity contribution in [1.29, 1.82) is 0 Å². The molecule has 39 heavy (non-hydrogen) atoms. The quantitative estimate of drug-likeness (QED) is 0.328. The van der Waals surface area contributed by atoms with Crippen LogP contribution in [0.3, 0.4) is 0 Å². The summed E-state index contributed by atoms with van der Waals surface area (Å²) < 4.78 is 0. The molecule has 5 saturated heterocycles. The summed E-state index contributed by atoms with van der Waals surface area (Å²) in [6, 6.07) is 2.70. The van der Waals surface area contributed by atoms with Gasteiger partial charge in [0.05, 0.1) is 0 Å². The number of nitrogens with one attached hydrogen (secondary N) is 2. The van der Waals surface area contributed by atoms with E-state index >= 15 is 0 Å². The predicted octanol–water partition coefficient (Wildman–Crippen LogP) is 4.77. The van der Waals surface area contributed by atoms with Crippen LogP contribution < -0.4 is 10.6 Å². The molecule has 5 rings (SSSR count). The molecule has 4 N–H and O–H groups in total. The van der Waals surface area contributed by atoms with Crippen molar-refractivity contribution in [2.24, 2.45) is 35.5 Å². The predicted molar refractivity (Wildman–Crippen MR) is 148 cm³/mol. The summed E-state index contributed by atoms with van der Waals surface area (Å²) in [5.74, 6) is 1.09. The van der Waals surface area contributed by atoms with Crippen LogP contribution in [0.4, 0.5) is 0 Å². The summed E-state index contributed by atoms with van der Waals surface area (Å²) in [5.41, 5.74) is 0. The molecular weight excluding hydrogens is 544 g/mol. The molecule has 225 valence electrons. The Bertz CT molecular complexity index is 863. The summed E-state index contributed by atoms with van der Waals surface area (Å²) in [4.78, 5) is 23.0. The van der Waals surface area contributed by atoms with Gasteiger partial charge in [0.1, 0.15) is 0 Å². The van der Waals surface area contributed by atoms with Gasteiger partial charge in [-0.05, 0) is 37.0 Å². The second-order valence-corrected chi connectivity index (χ2v) is 13.8. The molecule has 5 fully saturated rings. The number of hydrogen-bond donors (Lipinski definition) is 4. The van der Waals surface area contributed by atoms with Crippen LogP contribution in [-0.2, 0) is 26.7 Å². The van der Waals surface area contributed by atoms with Crippen molar-refractivity contribution in [3.63, 3.8) is 0 Å². The zero-order chi connectivity index (χ0) is 27.1. The van der Waals surface area contributed by atoms with Crippen LogP contribution in [0.15, 0.2) is 0 Å². The van der Waals surface area contributed by atoms with Crippen LogP contribution in [0.2, 0.25) is 0 Å². The Hall–Kier alpha value is -0.701. The van der Waals surface area contributed by atoms with Gasteiger partial charge in [-0.3, -0.25) is 9.59 Å². The molecule has 5 aliphatic rings. The molecule has 0 aromatic rings. The van der Waals surface area contributed by atoms with Crippen LogP contribution in [0.5, 0.6) is 0 Å². The van der Waals surface area contributed by atoms with Gasteiger partial charge >= 0.3 is 29.0 Å². The first-order valence-corrected chi connectivity index (χ1v) is 15.4. The molecule has 14 atom stereocenters. The molecule has 0 saturated carbocycles. The molecule has 0 amide bonds. The molecule has 5 aliphatic heterocycles. The van der Waals surface area contributed by atoms with E-state index in [1.165, 1.54) is 12.8 Å². The van der Waals surface area contributed by atoms with E-state index in [0.717, 1.165) is 25.7 Å². The van der Waals surface area contributed by atoms with E-state index in [1.807, 2.05) is 0 Å². The van der Waals surface area contributed by atoms with Crippen LogP contribution in [0.25, 0.3) is 10.6 Å². The Labute approximate surface area is 245 Å². The van der Waals surface area contributed by atoms with E-state index in [0.29, 0.717) is 72.6 Å². The minimum atomic E-state index is -0.730. The Morgan fingerprint density at radius 2 is 1.33 bits per heavy atom. The topological polar surface area (TPSA) is 127 Å². The molecule has 8 bridgehead atoms. The molecule has 5 heterocycles. The maximum Gasteiger partial charge on any atom is 2.00 e. The van der Waals surface area contributed by atoms with Gasteiger partial charge in [0.15, 0.2) is 0 Å². The molecule has 9 heteroatoms. The van der Waals surface area contributed by atoms with Crippen LogP contribution >= 0.6 is 0 Å². The van der Waals surface area contributed by atoms with Crippen molar-refractivity contribution in [1.82, 2.24) is 10.6 Å². The summed E-state index contributed by atoms with van der Waals surface area (Å²) in [7, 11) is 0. The van der Waals surface area contributed by atoms with Gasteiger partial charge in [-0.15, -0.1) is 24.2 Å². The minimum absolute atomic E-state index is 0. The van der Waals surface area contributed by atoms with Gasteiger partial charge in [-0.25, -0.2) is 0 Å². The van der Waals surface area contributed by atoms with Crippen molar-refractivity contribution in [2.45, 2.75) is 140 Å². The molecule has 14 unspecified atom stereocenters. The number of hydrogen-bond acceptors (Lipinski definition) is 4. The summed E-state index contributed by atoms with van der Waals surface area (Å²) in [6.07, 6.45) is 8.16. The summed E-state index contributed by atoms with van der Waals surface area (Å²) in [5, 5.41) is 37.7. The number of carbonyl (C=O) groups is 2. The fourth-order valence-corrected chi connectivity index (χ4v) is 9.11. The Morgan fingerprint density at radius 3 is 2.03 bits per heavy atom. The molecule has 0 aliphatic carbocycles. The van der Waals surface area contributed by atoms with E-state index in [1.54, 1.807) is 0 Å². The normalized spacial score (nSPS) is 47.6. The van der Waals surface area contributed by atoms with Gasteiger partial charge < -0.3 is 31.5 Å². The Balaban J connectivity index is 0.00000353. The standard InChI is InChI=1S/C30H50N4O4.Cu/c1-15-9-20-12-25-17(3)21(5-7-29(35)36)27(33-25)14-28-22(6-8-30(37)38)18(4)26(34-28)13-24-16(2)10-19(32-24)11-23(15)31-20;/h15-28,31,34H,5-14H2,1-4H3,(H,35,36)(H,37,38);/q-2;+2. The van der Waals surface area contributed by atoms with Crippen molar-refractivity contribution < 1.29 is 36.9 Å². The van der Waals surface area contributed by atoms with Crippen LogP contribution in [0.1, 0.15) is 91.9 Å². The number of carboxylic acids is 2. The minimum Gasteiger partial charge on any atom is -0.656 e. The second-order valence-electron chi connectivity index (χ2n) is 13.8. The molecular formula is C30H50CuN4O4. The molecule has 0 spiro atoms. The van der Waals surface area contributed by atoms with E-state index in [-0.39, 0.29) is 54.0 Å². The average Bonchev–Trinajstić information content (AvgIpc) is 3.53. The van der Waals surface area contributed by atoms with Crippen molar-refractivity contribution >= 4 is 11.9 Å². The number of fused-ring (bicyclic) bond motifs is 8. The fourth-order valence-electron chi connectivity index (χ4n) is 9.11. The molecule has 0 aromatic heterocycles. The number of carboxylic acid groups (broad SMARTS) is 2. The SMILES string of the molecule is CC1CC2CC3NC(CC3C)CC3[N-]C(CC4NC(CC1[N-]2)C(C)C4CCC(=O)O)C(CCC(=O)O)C3C.[Cu+2]. The second kappa shape index (κ2) is 13.1. The first kappa shape index (κ1) is 31.2. The van der Waals surface area contributed by atoms with Crippen molar-refractivity contribution in [2.75, 3.05) is 0 Å². The van der Waals surface area contributed by atoms with E-state index in [4.69, 9.17) is 10.6 Å². The number of nitrogens with zero attached hydrogens (tertiary/aromatic N) is 2. The van der Waals surface area contributed by atoms with Crippen molar-refractivity contribution in [3.05, 3.63) is 10.6 Å². The summed E-state index contributed by atoms with van der Waals surface area (Å²) in [6.45, 7) is 9.34. The summed E-state index contributed by atoms with van der Waals surface area (Å²) >= 11 is 0. The van der Waals surface area contributed by atoms with E-state index < -0.39 is 11.9 Å². The van der Waals surface area contributed by atoms with E-state index in [9.17, 15) is 19.8 Å². The van der Waals surface area contributed by atoms with Gasteiger partial charge in [0.25, 0.3) is 0 Å². The van der Waals surface area contributed by atoms with Crippen molar-refractivity contribution in [3.8, 4) is 0 Å². The van der Waals surface area contributed by atoms with E-state index in [2.05, 4.69) is 38.3 Å². The largest absolute Gasteiger partial charge is 2.00 e. The molecule has 0 aromatic carbocycles. The molecule has 1 radical (unpaired) electrons. The smallest absolute Gasteiger partial charge is 0.656 e. The third kappa shape index (κ3) is 7.03. The van der Waals surface area contributed by atoms with Crippen LogP contribution in [0, 0.1) is 35.5 Å². The van der Waals surface area contributed by atoms with Gasteiger partial charge in [0, 0.05) is 37.0 Å². The van der Waals surface area contributed by atoms with Crippen LogP contribution in [-0.4, -0.2) is 70.5 Å². The third-order valence-electron chi connectivity index (χ3n) is 11.3. The first-order chi connectivity index (χ1) is 18.1. The third-order valence-corrected chi connectivity index (χ3v) is 11.3. The van der Waals surface area contributed by atoms with Gasteiger partial charge in [0.2, 0.25) is 0 Å². The molecule has 8 nitrogen and oxygen atoms in total.